The molecule has 1 amide bonds. The van der Waals surface area contributed by atoms with E-state index in [1.54, 1.807) is 11.3 Å². The number of aryl methyl sites for hydroxylation is 2. The van der Waals surface area contributed by atoms with Crippen molar-refractivity contribution in [2.45, 2.75) is 58.0 Å². The van der Waals surface area contributed by atoms with Gasteiger partial charge in [0.1, 0.15) is 11.4 Å². The van der Waals surface area contributed by atoms with Crippen LogP contribution in [-0.4, -0.2) is 15.5 Å². The number of rotatable bonds is 3. The van der Waals surface area contributed by atoms with Crippen LogP contribution in [-0.2, 0) is 30.6 Å². The van der Waals surface area contributed by atoms with E-state index in [-0.39, 0.29) is 24.1 Å². The fourth-order valence-corrected chi connectivity index (χ4v) is 6.12. The van der Waals surface area contributed by atoms with Crippen LogP contribution in [0.3, 0.4) is 0 Å². The summed E-state index contributed by atoms with van der Waals surface area (Å²) in [4.78, 5) is 32.5. The van der Waals surface area contributed by atoms with E-state index in [1.807, 2.05) is 12.1 Å². The summed E-state index contributed by atoms with van der Waals surface area (Å²) in [6.45, 7) is 2.27. The van der Waals surface area contributed by atoms with E-state index in [0.717, 1.165) is 54.3 Å². The van der Waals surface area contributed by atoms with Crippen LogP contribution >= 0.6 is 11.3 Å². The number of nitrogens with one attached hydrogen (secondary N) is 1. The van der Waals surface area contributed by atoms with Crippen molar-refractivity contribution in [3.05, 3.63) is 62.5 Å². The van der Waals surface area contributed by atoms with Gasteiger partial charge in [0.25, 0.3) is 5.56 Å². The lowest BCUT2D eigenvalue weighted by atomic mass is 9.88. The molecule has 2 aromatic heterocycles. The molecule has 5 rings (SSSR count). The number of amides is 1. The molecule has 2 heterocycles. The van der Waals surface area contributed by atoms with E-state index >= 15 is 0 Å². The summed E-state index contributed by atoms with van der Waals surface area (Å²) in [5, 5.41) is 3.87. The third-order valence-electron chi connectivity index (χ3n) is 6.30. The zero-order valence-electron chi connectivity index (χ0n) is 16.6. The van der Waals surface area contributed by atoms with Gasteiger partial charge >= 0.3 is 0 Å². The predicted molar refractivity (Wildman–Crippen MR) is 115 cm³/mol. The molecule has 0 fully saturated rings. The zero-order chi connectivity index (χ0) is 20.0. The van der Waals surface area contributed by atoms with Crippen LogP contribution in [0.15, 0.2) is 35.4 Å². The Morgan fingerprint density at radius 2 is 2.14 bits per heavy atom. The van der Waals surface area contributed by atoms with Crippen molar-refractivity contribution in [1.29, 1.82) is 0 Å². The largest absolute Gasteiger partial charge is 0.348 e. The lowest BCUT2D eigenvalue weighted by Gasteiger charge is -2.26. The first-order chi connectivity index (χ1) is 14.1. The Morgan fingerprint density at radius 1 is 1.28 bits per heavy atom. The lowest BCUT2D eigenvalue weighted by molar-refractivity contribution is -0.122. The average Bonchev–Trinajstić information content (AvgIpc) is 3.08. The minimum Gasteiger partial charge on any atom is -0.348 e. The zero-order valence-corrected chi connectivity index (χ0v) is 17.4. The highest BCUT2D eigenvalue weighted by molar-refractivity contribution is 7.18. The number of benzene rings is 1. The van der Waals surface area contributed by atoms with Gasteiger partial charge in [0.15, 0.2) is 0 Å². The van der Waals surface area contributed by atoms with Gasteiger partial charge in [-0.25, -0.2) is 4.98 Å². The van der Waals surface area contributed by atoms with Gasteiger partial charge in [0.05, 0.1) is 17.8 Å². The van der Waals surface area contributed by atoms with Gasteiger partial charge in [-0.1, -0.05) is 31.2 Å². The number of thiophene rings is 1. The van der Waals surface area contributed by atoms with Crippen LogP contribution in [0, 0.1) is 5.92 Å². The Labute approximate surface area is 173 Å². The molecule has 3 aromatic rings. The van der Waals surface area contributed by atoms with Gasteiger partial charge < -0.3 is 5.32 Å². The second-order valence-corrected chi connectivity index (χ2v) is 9.50. The molecule has 5 nitrogen and oxygen atoms in total. The molecule has 0 saturated heterocycles. The molecule has 0 bridgehead atoms. The fourth-order valence-electron chi connectivity index (χ4n) is 4.78. The molecule has 0 unspecified atom stereocenters. The Hall–Kier alpha value is -2.47. The summed E-state index contributed by atoms with van der Waals surface area (Å²) < 4.78 is 1.47. The number of aromatic nitrogens is 2. The standard InChI is InChI=1S/C23H25N3O2S/c1-14-9-10-17-19(11-14)29-22-21(17)23(28)26(13-24-22)12-20(27)25-18-8-4-6-15-5-2-3-7-16(15)18/h2-3,5,7,13-14,18H,4,6,8-12H2,1H3,(H,25,27)/t14-,18-/m1/s1. The van der Waals surface area contributed by atoms with Crippen LogP contribution in [0.2, 0.25) is 0 Å². The molecule has 29 heavy (non-hydrogen) atoms. The van der Waals surface area contributed by atoms with Crippen molar-refractivity contribution in [1.82, 2.24) is 14.9 Å². The highest BCUT2D eigenvalue weighted by Gasteiger charge is 2.24. The number of hydrogen-bond acceptors (Lipinski definition) is 4. The summed E-state index contributed by atoms with van der Waals surface area (Å²) in [6, 6.07) is 8.32. The third-order valence-corrected chi connectivity index (χ3v) is 7.46. The van der Waals surface area contributed by atoms with Gasteiger partial charge in [-0.15, -0.1) is 11.3 Å². The molecular formula is C23H25N3O2S. The van der Waals surface area contributed by atoms with E-state index in [2.05, 4.69) is 29.4 Å². The van der Waals surface area contributed by atoms with E-state index in [9.17, 15) is 9.59 Å². The highest BCUT2D eigenvalue weighted by Crippen LogP contribution is 2.35. The van der Waals surface area contributed by atoms with Crippen LogP contribution in [0.1, 0.15) is 53.8 Å². The molecule has 1 N–H and O–H groups in total. The summed E-state index contributed by atoms with van der Waals surface area (Å²) in [5.74, 6) is 0.523. The van der Waals surface area contributed by atoms with Crippen molar-refractivity contribution in [3.8, 4) is 0 Å². The van der Waals surface area contributed by atoms with E-state index in [4.69, 9.17) is 0 Å². The average molecular weight is 408 g/mol. The minimum absolute atomic E-state index is 0.0153. The molecule has 0 saturated carbocycles. The van der Waals surface area contributed by atoms with Gasteiger partial charge in [0, 0.05) is 4.88 Å². The van der Waals surface area contributed by atoms with Crippen LogP contribution < -0.4 is 10.9 Å². The first kappa shape index (κ1) is 18.6. The number of fused-ring (bicyclic) bond motifs is 4. The number of carbonyl (C=O) groups excluding carboxylic acids is 1. The van der Waals surface area contributed by atoms with Gasteiger partial charge in [-0.3, -0.25) is 14.2 Å². The molecule has 0 spiro atoms. The summed E-state index contributed by atoms with van der Waals surface area (Å²) in [6.07, 6.45) is 7.66. The van der Waals surface area contributed by atoms with Crippen LogP contribution in [0.5, 0.6) is 0 Å². The van der Waals surface area contributed by atoms with Gasteiger partial charge in [0.2, 0.25) is 5.91 Å². The summed E-state index contributed by atoms with van der Waals surface area (Å²) >= 11 is 1.64. The molecule has 0 aliphatic heterocycles. The smallest absolute Gasteiger partial charge is 0.262 e. The SMILES string of the molecule is C[C@@H]1CCc2c(sc3ncn(CC(=O)N[C@@H]4CCCc5ccccc54)c(=O)c23)C1. The molecule has 2 atom stereocenters. The third kappa shape index (κ3) is 3.39. The molecule has 1 aromatic carbocycles. The fraction of sp³-hybridized carbons (Fsp3) is 0.435. The van der Waals surface area contributed by atoms with Gasteiger partial charge in [-0.05, 0) is 61.1 Å². The monoisotopic (exact) mass is 407 g/mol. The van der Waals surface area contributed by atoms with Crippen molar-refractivity contribution < 1.29 is 4.79 Å². The normalized spacial score (nSPS) is 20.9. The number of hydrogen-bond donors (Lipinski definition) is 1. The Bertz CT molecular complexity index is 1150. The van der Waals surface area contributed by atoms with Gasteiger partial charge in [-0.2, -0.15) is 0 Å². The summed E-state index contributed by atoms with van der Waals surface area (Å²) in [5.41, 5.74) is 3.59. The second-order valence-electron chi connectivity index (χ2n) is 8.42. The van der Waals surface area contributed by atoms with Crippen molar-refractivity contribution in [3.63, 3.8) is 0 Å². The quantitative estimate of drug-likeness (QED) is 0.719. The Kier molecular flexibility index (Phi) is 4.74. The van der Waals surface area contributed by atoms with Crippen molar-refractivity contribution in [2.24, 2.45) is 5.92 Å². The molecule has 0 radical (unpaired) electrons. The summed E-state index contributed by atoms with van der Waals surface area (Å²) in [7, 11) is 0. The molecular weight excluding hydrogens is 382 g/mol. The van der Waals surface area contributed by atoms with Crippen molar-refractivity contribution in [2.75, 3.05) is 0 Å². The highest BCUT2D eigenvalue weighted by atomic mass is 32.1. The first-order valence-electron chi connectivity index (χ1n) is 10.5. The number of carbonyl (C=O) groups is 1. The molecule has 6 heteroatoms. The Balaban J connectivity index is 1.39. The van der Waals surface area contributed by atoms with Crippen molar-refractivity contribution >= 4 is 27.5 Å². The molecule has 2 aliphatic carbocycles. The Morgan fingerprint density at radius 3 is 3.03 bits per heavy atom. The molecule has 2 aliphatic rings. The predicted octanol–water partition coefficient (Wildman–Crippen LogP) is 3.78. The topological polar surface area (TPSA) is 64.0 Å². The number of nitrogens with zero attached hydrogens (tertiary/aromatic N) is 2. The maximum Gasteiger partial charge on any atom is 0.262 e. The molecule has 150 valence electrons. The van der Waals surface area contributed by atoms with Crippen LogP contribution in [0.25, 0.3) is 10.2 Å². The van der Waals surface area contributed by atoms with E-state index in [1.165, 1.54) is 26.9 Å². The lowest BCUT2D eigenvalue weighted by Crippen LogP contribution is -2.36. The first-order valence-corrected chi connectivity index (χ1v) is 11.3. The maximum absolute atomic E-state index is 13.1. The maximum atomic E-state index is 13.1. The minimum atomic E-state index is -0.132. The second kappa shape index (κ2) is 7.41. The van der Waals surface area contributed by atoms with Crippen LogP contribution in [0.4, 0.5) is 0 Å². The van der Waals surface area contributed by atoms with E-state index in [0.29, 0.717) is 5.92 Å². The van der Waals surface area contributed by atoms with E-state index < -0.39 is 0 Å².